The van der Waals surface area contributed by atoms with Crippen LogP contribution >= 0.6 is 11.6 Å². The average molecular weight is 308 g/mol. The van der Waals surface area contributed by atoms with E-state index in [1.807, 2.05) is 37.9 Å². The second kappa shape index (κ2) is 6.74. The van der Waals surface area contributed by atoms with E-state index in [9.17, 15) is 4.79 Å². The second-order valence-electron chi connectivity index (χ2n) is 4.95. The van der Waals surface area contributed by atoms with Gasteiger partial charge < -0.3 is 9.73 Å². The van der Waals surface area contributed by atoms with Gasteiger partial charge in [-0.3, -0.25) is 9.69 Å². The first kappa shape index (κ1) is 15.5. The number of anilines is 1. The molecule has 5 nitrogen and oxygen atoms in total. The van der Waals surface area contributed by atoms with E-state index >= 15 is 0 Å². The Morgan fingerprint density at radius 1 is 1.43 bits per heavy atom. The number of likely N-dealkylation sites (N-methyl/N-ethyl adjacent to an activating group) is 1. The summed E-state index contributed by atoms with van der Waals surface area (Å²) in [7, 11) is 1.87. The maximum Gasteiger partial charge on any atom is 0.242 e. The Kier molecular flexibility index (Phi) is 4.98. The van der Waals surface area contributed by atoms with Gasteiger partial charge in [-0.25, -0.2) is 4.98 Å². The first-order valence-electron chi connectivity index (χ1n) is 6.63. The zero-order chi connectivity index (χ0) is 15.4. The average Bonchev–Trinajstić information content (AvgIpc) is 2.85. The minimum atomic E-state index is -0.312. The Morgan fingerprint density at radius 3 is 2.76 bits per heavy atom. The number of nitrogens with one attached hydrogen (secondary N) is 1. The third-order valence-electron chi connectivity index (χ3n) is 3.22. The van der Waals surface area contributed by atoms with Crippen molar-refractivity contribution < 1.29 is 9.21 Å². The fraction of sp³-hybridized carbons (Fsp3) is 0.333. The number of hydrogen-bond acceptors (Lipinski definition) is 4. The lowest BCUT2D eigenvalue weighted by Crippen LogP contribution is -2.39. The molecule has 0 aliphatic rings. The Morgan fingerprint density at radius 2 is 2.19 bits per heavy atom. The number of carbonyl (C=O) groups excluding carboxylic acids is 1. The van der Waals surface area contributed by atoms with Crippen LogP contribution in [0.2, 0.25) is 5.02 Å². The summed E-state index contributed by atoms with van der Waals surface area (Å²) in [6, 6.07) is 6.86. The number of aryl methyl sites for hydroxylation is 1. The molecule has 2 aromatic heterocycles. The third-order valence-corrected chi connectivity index (χ3v) is 3.44. The van der Waals surface area contributed by atoms with E-state index in [2.05, 4.69) is 10.3 Å². The maximum atomic E-state index is 12.2. The first-order chi connectivity index (χ1) is 9.95. The Hall–Kier alpha value is -1.85. The van der Waals surface area contributed by atoms with Gasteiger partial charge in [-0.05, 0) is 45.2 Å². The van der Waals surface area contributed by atoms with Crippen molar-refractivity contribution in [2.24, 2.45) is 0 Å². The summed E-state index contributed by atoms with van der Waals surface area (Å²) < 4.78 is 5.52. The van der Waals surface area contributed by atoms with Gasteiger partial charge in [-0.15, -0.1) is 0 Å². The predicted molar refractivity (Wildman–Crippen MR) is 82.3 cm³/mol. The lowest BCUT2D eigenvalue weighted by atomic mass is 10.2. The molecule has 0 fully saturated rings. The van der Waals surface area contributed by atoms with E-state index in [0.29, 0.717) is 17.4 Å². The lowest BCUT2D eigenvalue weighted by Gasteiger charge is -2.22. The van der Waals surface area contributed by atoms with Crippen LogP contribution < -0.4 is 5.32 Å². The van der Waals surface area contributed by atoms with Crippen LogP contribution in [0.4, 0.5) is 5.82 Å². The largest absolute Gasteiger partial charge is 0.465 e. The fourth-order valence-corrected chi connectivity index (χ4v) is 1.95. The van der Waals surface area contributed by atoms with Crippen molar-refractivity contribution in [1.29, 1.82) is 0 Å². The second-order valence-corrected chi connectivity index (χ2v) is 5.39. The van der Waals surface area contributed by atoms with Crippen molar-refractivity contribution in [3.63, 3.8) is 0 Å². The number of furan rings is 1. The number of carbonyl (C=O) groups is 1. The molecule has 1 unspecified atom stereocenters. The highest BCUT2D eigenvalue weighted by Gasteiger charge is 2.19. The molecule has 0 saturated heterocycles. The van der Waals surface area contributed by atoms with Crippen molar-refractivity contribution in [3.8, 4) is 0 Å². The smallest absolute Gasteiger partial charge is 0.242 e. The number of halogens is 1. The molecule has 0 aliphatic carbocycles. The van der Waals surface area contributed by atoms with Crippen LogP contribution in [0.5, 0.6) is 0 Å². The van der Waals surface area contributed by atoms with Crippen LogP contribution in [0.1, 0.15) is 18.4 Å². The van der Waals surface area contributed by atoms with Gasteiger partial charge in [0.05, 0.1) is 17.6 Å². The van der Waals surface area contributed by atoms with E-state index in [1.165, 1.54) is 6.20 Å². The van der Waals surface area contributed by atoms with E-state index in [0.717, 1.165) is 11.5 Å². The van der Waals surface area contributed by atoms with Gasteiger partial charge in [0.2, 0.25) is 5.91 Å². The van der Waals surface area contributed by atoms with Gasteiger partial charge in [0.25, 0.3) is 0 Å². The summed E-state index contributed by atoms with van der Waals surface area (Å²) in [6.45, 7) is 4.30. The topological polar surface area (TPSA) is 58.4 Å². The normalized spacial score (nSPS) is 12.4. The molecule has 6 heteroatoms. The molecule has 112 valence electrons. The Balaban J connectivity index is 1.93. The van der Waals surface area contributed by atoms with Crippen molar-refractivity contribution in [1.82, 2.24) is 9.88 Å². The lowest BCUT2D eigenvalue weighted by molar-refractivity contribution is -0.120. The van der Waals surface area contributed by atoms with Crippen molar-refractivity contribution >= 4 is 23.3 Å². The molecule has 0 saturated carbocycles. The Labute approximate surface area is 128 Å². The molecule has 2 heterocycles. The molecule has 21 heavy (non-hydrogen) atoms. The van der Waals surface area contributed by atoms with Crippen molar-refractivity contribution in [2.75, 3.05) is 12.4 Å². The van der Waals surface area contributed by atoms with Crippen LogP contribution in [0.3, 0.4) is 0 Å². The van der Waals surface area contributed by atoms with Crippen LogP contribution in [0.25, 0.3) is 0 Å². The van der Waals surface area contributed by atoms with Crippen molar-refractivity contribution in [3.05, 3.63) is 47.0 Å². The minimum Gasteiger partial charge on any atom is -0.465 e. The summed E-state index contributed by atoms with van der Waals surface area (Å²) >= 11 is 5.76. The highest BCUT2D eigenvalue weighted by molar-refractivity contribution is 6.30. The molecule has 1 atom stereocenters. The number of hydrogen-bond donors (Lipinski definition) is 1. The van der Waals surface area contributed by atoms with Gasteiger partial charge in [-0.1, -0.05) is 11.6 Å². The van der Waals surface area contributed by atoms with Crippen LogP contribution in [0.15, 0.2) is 34.9 Å². The number of nitrogens with zero attached hydrogens (tertiary/aromatic N) is 2. The van der Waals surface area contributed by atoms with E-state index < -0.39 is 0 Å². The molecule has 0 radical (unpaired) electrons. The van der Waals surface area contributed by atoms with Gasteiger partial charge in [-0.2, -0.15) is 0 Å². The molecular formula is C15H18ClN3O2. The number of rotatable bonds is 5. The van der Waals surface area contributed by atoms with Crippen LogP contribution in [-0.2, 0) is 11.3 Å². The van der Waals surface area contributed by atoms with Crippen molar-refractivity contribution in [2.45, 2.75) is 26.4 Å². The number of amides is 1. The quantitative estimate of drug-likeness (QED) is 0.922. The predicted octanol–water partition coefficient (Wildman–Crippen LogP) is 3.10. The molecule has 2 aromatic rings. The minimum absolute atomic E-state index is 0.129. The fourth-order valence-electron chi connectivity index (χ4n) is 1.83. The number of aromatic nitrogens is 1. The first-order valence-corrected chi connectivity index (χ1v) is 7.01. The monoisotopic (exact) mass is 307 g/mol. The van der Waals surface area contributed by atoms with Crippen LogP contribution in [0, 0.1) is 6.92 Å². The zero-order valence-corrected chi connectivity index (χ0v) is 13.0. The summed E-state index contributed by atoms with van der Waals surface area (Å²) in [4.78, 5) is 18.1. The zero-order valence-electron chi connectivity index (χ0n) is 12.3. The molecular weight excluding hydrogens is 290 g/mol. The Bertz CT molecular complexity index is 610. The number of pyridine rings is 1. The summed E-state index contributed by atoms with van der Waals surface area (Å²) in [5, 5.41) is 3.29. The maximum absolute atomic E-state index is 12.2. The van der Waals surface area contributed by atoms with Crippen LogP contribution in [-0.4, -0.2) is 28.9 Å². The van der Waals surface area contributed by atoms with E-state index in [-0.39, 0.29) is 11.9 Å². The highest BCUT2D eigenvalue weighted by atomic mass is 35.5. The molecule has 0 bridgehead atoms. The molecule has 0 aliphatic heterocycles. The van der Waals surface area contributed by atoms with Gasteiger partial charge >= 0.3 is 0 Å². The van der Waals surface area contributed by atoms with E-state index in [4.69, 9.17) is 16.0 Å². The van der Waals surface area contributed by atoms with Gasteiger partial charge in [0.1, 0.15) is 17.3 Å². The standard InChI is InChI=1S/C15H18ClN3O2/c1-10-4-6-13(21-10)9-19(3)11(2)15(20)18-14-7-5-12(16)8-17-14/h4-8,11H,9H2,1-3H3,(H,17,18,20). The third kappa shape index (κ3) is 4.31. The summed E-state index contributed by atoms with van der Waals surface area (Å²) in [6.07, 6.45) is 1.50. The molecule has 1 amide bonds. The van der Waals surface area contributed by atoms with E-state index in [1.54, 1.807) is 12.1 Å². The molecule has 0 aromatic carbocycles. The molecule has 0 spiro atoms. The summed E-state index contributed by atoms with van der Waals surface area (Å²) in [5.41, 5.74) is 0. The highest BCUT2D eigenvalue weighted by Crippen LogP contribution is 2.13. The molecule has 2 rings (SSSR count). The molecule has 1 N–H and O–H groups in total. The van der Waals surface area contributed by atoms with Gasteiger partial charge in [0, 0.05) is 6.20 Å². The SMILES string of the molecule is Cc1ccc(CN(C)C(C)C(=O)Nc2ccc(Cl)cn2)o1. The summed E-state index contributed by atoms with van der Waals surface area (Å²) in [5.74, 6) is 2.05. The van der Waals surface area contributed by atoms with Gasteiger partial charge in [0.15, 0.2) is 0 Å².